The standard InChI is InChI=1S/C18H24ClN5O3S/c1-13-18(19)14(2)24(21-13)12-17(25)20-15-5-4-6-16(11-15)28(26,27)23-9-7-22(3)8-10-23/h4-6,11H,7-10,12H2,1-3H3,(H,20,25). The Bertz CT molecular complexity index is 981. The number of amides is 1. The predicted octanol–water partition coefficient (Wildman–Crippen LogP) is 1.73. The van der Waals surface area contributed by atoms with Crippen LogP contribution in [0.25, 0.3) is 0 Å². The second-order valence-electron chi connectivity index (χ2n) is 6.93. The first-order valence-corrected chi connectivity index (χ1v) is 10.8. The maximum atomic E-state index is 12.9. The zero-order valence-electron chi connectivity index (χ0n) is 16.1. The minimum Gasteiger partial charge on any atom is -0.324 e. The molecule has 3 rings (SSSR count). The fraction of sp³-hybridized carbons (Fsp3) is 0.444. The Kier molecular flexibility index (Phi) is 6.09. The van der Waals surface area contributed by atoms with Gasteiger partial charge in [0.15, 0.2) is 0 Å². The second kappa shape index (κ2) is 8.20. The summed E-state index contributed by atoms with van der Waals surface area (Å²) in [6, 6.07) is 6.32. The highest BCUT2D eigenvalue weighted by atomic mass is 35.5. The van der Waals surface area contributed by atoms with Crippen LogP contribution in [0.4, 0.5) is 5.69 Å². The lowest BCUT2D eigenvalue weighted by atomic mass is 10.3. The third-order valence-corrected chi connectivity index (χ3v) is 7.25. The molecular weight excluding hydrogens is 402 g/mol. The van der Waals surface area contributed by atoms with E-state index in [1.165, 1.54) is 15.1 Å². The smallest absolute Gasteiger partial charge is 0.246 e. The summed E-state index contributed by atoms with van der Waals surface area (Å²) in [4.78, 5) is 14.6. The fourth-order valence-electron chi connectivity index (χ4n) is 3.08. The monoisotopic (exact) mass is 425 g/mol. The number of benzene rings is 1. The number of aryl methyl sites for hydroxylation is 1. The van der Waals surface area contributed by atoms with Gasteiger partial charge in [-0.25, -0.2) is 8.42 Å². The minimum absolute atomic E-state index is 0.00513. The van der Waals surface area contributed by atoms with Gasteiger partial charge in [-0.05, 0) is 39.1 Å². The predicted molar refractivity (Wildman–Crippen MR) is 108 cm³/mol. The van der Waals surface area contributed by atoms with Crippen molar-refractivity contribution in [2.24, 2.45) is 0 Å². The summed E-state index contributed by atoms with van der Waals surface area (Å²) in [5, 5.41) is 7.50. The first-order valence-electron chi connectivity index (χ1n) is 8.96. The number of carbonyl (C=O) groups is 1. The number of carbonyl (C=O) groups excluding carboxylic acids is 1. The van der Waals surface area contributed by atoms with Gasteiger partial charge in [0.2, 0.25) is 15.9 Å². The van der Waals surface area contributed by atoms with Crippen molar-refractivity contribution in [1.29, 1.82) is 0 Å². The molecule has 2 aromatic rings. The Hall–Kier alpha value is -1.94. The number of piperazine rings is 1. The van der Waals surface area contributed by atoms with Crippen LogP contribution in [0.15, 0.2) is 29.2 Å². The Morgan fingerprint density at radius 2 is 1.89 bits per heavy atom. The van der Waals surface area contributed by atoms with Crippen LogP contribution in [0.1, 0.15) is 11.4 Å². The molecule has 1 aromatic carbocycles. The largest absolute Gasteiger partial charge is 0.324 e. The van der Waals surface area contributed by atoms with Crippen molar-refractivity contribution in [3.8, 4) is 0 Å². The highest BCUT2D eigenvalue weighted by Crippen LogP contribution is 2.22. The van der Waals surface area contributed by atoms with Gasteiger partial charge in [-0.15, -0.1) is 0 Å². The highest BCUT2D eigenvalue weighted by molar-refractivity contribution is 7.89. The number of halogens is 1. The Morgan fingerprint density at radius 1 is 1.21 bits per heavy atom. The lowest BCUT2D eigenvalue weighted by molar-refractivity contribution is -0.116. The maximum Gasteiger partial charge on any atom is 0.246 e. The summed E-state index contributed by atoms with van der Waals surface area (Å²) in [5.74, 6) is -0.309. The van der Waals surface area contributed by atoms with E-state index < -0.39 is 10.0 Å². The van der Waals surface area contributed by atoms with Gasteiger partial charge in [-0.3, -0.25) is 9.48 Å². The summed E-state index contributed by atoms with van der Waals surface area (Å²) >= 11 is 6.11. The van der Waals surface area contributed by atoms with E-state index in [1.54, 1.807) is 32.0 Å². The first-order chi connectivity index (χ1) is 13.2. The Morgan fingerprint density at radius 3 is 2.50 bits per heavy atom. The van der Waals surface area contributed by atoms with Gasteiger partial charge in [-0.2, -0.15) is 9.40 Å². The molecule has 28 heavy (non-hydrogen) atoms. The topological polar surface area (TPSA) is 87.5 Å². The fourth-order valence-corrected chi connectivity index (χ4v) is 4.68. The molecule has 2 heterocycles. The number of rotatable bonds is 5. The minimum atomic E-state index is -3.59. The van der Waals surface area contributed by atoms with Crippen LogP contribution in [-0.4, -0.2) is 66.5 Å². The van der Waals surface area contributed by atoms with E-state index in [2.05, 4.69) is 15.3 Å². The SMILES string of the molecule is Cc1nn(CC(=O)Nc2cccc(S(=O)(=O)N3CCN(C)CC3)c2)c(C)c1Cl. The third kappa shape index (κ3) is 4.38. The van der Waals surface area contributed by atoms with Crippen LogP contribution in [0.5, 0.6) is 0 Å². The normalized spacial score (nSPS) is 16.3. The second-order valence-corrected chi connectivity index (χ2v) is 9.24. The molecule has 1 amide bonds. The molecule has 1 saturated heterocycles. The van der Waals surface area contributed by atoms with Crippen LogP contribution < -0.4 is 5.32 Å². The van der Waals surface area contributed by atoms with E-state index in [0.717, 1.165) is 0 Å². The molecule has 1 aromatic heterocycles. The number of nitrogens with one attached hydrogen (secondary N) is 1. The number of sulfonamides is 1. The summed E-state index contributed by atoms with van der Waals surface area (Å²) in [7, 11) is -1.62. The maximum absolute atomic E-state index is 12.9. The Balaban J connectivity index is 1.72. The molecule has 0 atom stereocenters. The number of hydrogen-bond acceptors (Lipinski definition) is 5. The molecule has 8 nitrogen and oxygen atoms in total. The van der Waals surface area contributed by atoms with Crippen molar-refractivity contribution < 1.29 is 13.2 Å². The lowest BCUT2D eigenvalue weighted by Crippen LogP contribution is -2.47. The molecule has 0 spiro atoms. The van der Waals surface area contributed by atoms with Crippen LogP contribution in [-0.2, 0) is 21.4 Å². The van der Waals surface area contributed by atoms with Crippen molar-refractivity contribution in [3.05, 3.63) is 40.7 Å². The molecule has 0 unspecified atom stereocenters. The summed E-state index contributed by atoms with van der Waals surface area (Å²) < 4.78 is 28.8. The molecule has 0 aliphatic carbocycles. The molecule has 1 N–H and O–H groups in total. The van der Waals surface area contributed by atoms with Gasteiger partial charge in [0.1, 0.15) is 6.54 Å². The molecule has 1 aliphatic heterocycles. The van der Waals surface area contributed by atoms with E-state index in [1.807, 2.05) is 7.05 Å². The average Bonchev–Trinajstić information content (AvgIpc) is 2.89. The first kappa shape index (κ1) is 20.8. The molecule has 0 saturated carbocycles. The van der Waals surface area contributed by atoms with Crippen molar-refractivity contribution in [2.45, 2.75) is 25.3 Å². The van der Waals surface area contributed by atoms with E-state index >= 15 is 0 Å². The number of hydrogen-bond donors (Lipinski definition) is 1. The van der Waals surface area contributed by atoms with Crippen molar-refractivity contribution in [2.75, 3.05) is 38.5 Å². The summed E-state index contributed by atoms with van der Waals surface area (Å²) in [6.45, 7) is 5.86. The van der Waals surface area contributed by atoms with Crippen molar-refractivity contribution >= 4 is 33.2 Å². The molecule has 1 fully saturated rings. The molecule has 0 radical (unpaired) electrons. The van der Waals surface area contributed by atoms with E-state index in [-0.39, 0.29) is 17.3 Å². The molecular formula is C18H24ClN5O3S. The van der Waals surface area contributed by atoms with Crippen LogP contribution in [0, 0.1) is 13.8 Å². The van der Waals surface area contributed by atoms with Gasteiger partial charge in [0, 0.05) is 31.9 Å². The Labute approximate surface area is 170 Å². The lowest BCUT2D eigenvalue weighted by Gasteiger charge is -2.31. The number of anilines is 1. The van der Waals surface area contributed by atoms with E-state index in [0.29, 0.717) is 48.3 Å². The molecule has 10 heteroatoms. The van der Waals surface area contributed by atoms with Gasteiger partial charge < -0.3 is 10.2 Å². The van der Waals surface area contributed by atoms with Gasteiger partial charge in [-0.1, -0.05) is 17.7 Å². The highest BCUT2D eigenvalue weighted by Gasteiger charge is 2.27. The molecule has 1 aliphatic rings. The van der Waals surface area contributed by atoms with Crippen LogP contribution in [0.2, 0.25) is 5.02 Å². The quantitative estimate of drug-likeness (QED) is 0.788. The molecule has 0 bridgehead atoms. The van der Waals surface area contributed by atoms with Crippen molar-refractivity contribution in [3.63, 3.8) is 0 Å². The van der Waals surface area contributed by atoms with Gasteiger partial charge in [0.25, 0.3) is 0 Å². The zero-order chi connectivity index (χ0) is 20.5. The number of nitrogens with zero attached hydrogens (tertiary/aromatic N) is 4. The zero-order valence-corrected chi connectivity index (χ0v) is 17.7. The van der Waals surface area contributed by atoms with Crippen LogP contribution >= 0.6 is 11.6 Å². The number of likely N-dealkylation sites (N-methyl/N-ethyl adjacent to an activating group) is 1. The van der Waals surface area contributed by atoms with Crippen molar-refractivity contribution in [1.82, 2.24) is 19.0 Å². The molecule has 152 valence electrons. The van der Waals surface area contributed by atoms with Gasteiger partial charge >= 0.3 is 0 Å². The third-order valence-electron chi connectivity index (χ3n) is 4.80. The summed E-state index contributed by atoms with van der Waals surface area (Å²) in [5.41, 5.74) is 1.79. The average molecular weight is 426 g/mol. The van der Waals surface area contributed by atoms with Gasteiger partial charge in [0.05, 0.1) is 21.3 Å². The summed E-state index contributed by atoms with van der Waals surface area (Å²) in [6.07, 6.45) is 0. The van der Waals surface area contributed by atoms with E-state index in [9.17, 15) is 13.2 Å². The van der Waals surface area contributed by atoms with Crippen LogP contribution in [0.3, 0.4) is 0 Å². The van der Waals surface area contributed by atoms with E-state index in [4.69, 9.17) is 11.6 Å². The number of aromatic nitrogens is 2.